The summed E-state index contributed by atoms with van der Waals surface area (Å²) in [5.41, 5.74) is 1.71. The van der Waals surface area contributed by atoms with Gasteiger partial charge in [0.25, 0.3) is 5.91 Å². The van der Waals surface area contributed by atoms with E-state index in [1.807, 2.05) is 23.1 Å². The Balaban J connectivity index is 1.43. The van der Waals surface area contributed by atoms with Crippen molar-refractivity contribution in [1.29, 1.82) is 0 Å². The molecule has 0 saturated carbocycles. The fraction of sp³-hybridized carbons (Fsp3) is 0.261. The first-order chi connectivity index (χ1) is 14.5. The zero-order chi connectivity index (χ0) is 21.0. The first kappa shape index (κ1) is 20.4. The van der Waals surface area contributed by atoms with Crippen LogP contribution in [-0.2, 0) is 23.0 Å². The number of rotatable bonds is 7. The fourth-order valence-electron chi connectivity index (χ4n) is 3.81. The van der Waals surface area contributed by atoms with Gasteiger partial charge in [-0.2, -0.15) is 0 Å². The third-order valence-electron chi connectivity index (χ3n) is 5.38. The molecular formula is C23H24N2O4S. The molecule has 4 rings (SSSR count). The molecule has 1 amide bonds. The second-order valence-electron chi connectivity index (χ2n) is 7.41. The number of sulfonamides is 1. The first-order valence-corrected chi connectivity index (χ1v) is 11.5. The molecule has 1 unspecified atom stereocenters. The Morgan fingerprint density at radius 2 is 1.80 bits per heavy atom. The molecule has 0 aliphatic carbocycles. The third kappa shape index (κ3) is 4.63. The van der Waals surface area contributed by atoms with Crippen LogP contribution in [0, 0.1) is 0 Å². The molecule has 1 aliphatic heterocycles. The van der Waals surface area contributed by atoms with Crippen molar-refractivity contribution in [3.8, 4) is 0 Å². The van der Waals surface area contributed by atoms with E-state index in [0.717, 1.165) is 25.8 Å². The summed E-state index contributed by atoms with van der Waals surface area (Å²) in [4.78, 5) is 15.1. The van der Waals surface area contributed by atoms with Crippen LogP contribution in [0.3, 0.4) is 0 Å². The summed E-state index contributed by atoms with van der Waals surface area (Å²) in [6.45, 7) is 0.798. The van der Waals surface area contributed by atoms with Gasteiger partial charge in [0, 0.05) is 18.2 Å². The minimum absolute atomic E-state index is 0.0547. The number of furan rings is 1. The molecule has 1 fully saturated rings. The molecule has 1 aromatic heterocycles. The van der Waals surface area contributed by atoms with E-state index in [1.165, 1.54) is 24.0 Å². The van der Waals surface area contributed by atoms with Crippen molar-refractivity contribution in [3.05, 3.63) is 89.9 Å². The van der Waals surface area contributed by atoms with Crippen LogP contribution in [0.5, 0.6) is 0 Å². The fourth-order valence-corrected chi connectivity index (χ4v) is 4.80. The van der Waals surface area contributed by atoms with Crippen LogP contribution in [0.1, 0.15) is 34.5 Å². The summed E-state index contributed by atoms with van der Waals surface area (Å²) in [5, 5.41) is 0. The number of likely N-dealkylation sites (tertiary alicyclic amines) is 1. The maximum absolute atomic E-state index is 13.0. The number of benzene rings is 2. The van der Waals surface area contributed by atoms with Gasteiger partial charge >= 0.3 is 0 Å². The summed E-state index contributed by atoms with van der Waals surface area (Å²) in [6, 6.07) is 19.8. The average Bonchev–Trinajstić information content (AvgIpc) is 3.45. The maximum Gasteiger partial charge on any atom is 0.254 e. The van der Waals surface area contributed by atoms with Crippen molar-refractivity contribution in [2.75, 3.05) is 6.54 Å². The Hall–Kier alpha value is -2.90. The number of amides is 1. The Bertz CT molecular complexity index is 1080. The van der Waals surface area contributed by atoms with Gasteiger partial charge in [-0.05, 0) is 61.2 Å². The van der Waals surface area contributed by atoms with E-state index < -0.39 is 10.0 Å². The zero-order valence-corrected chi connectivity index (χ0v) is 17.3. The van der Waals surface area contributed by atoms with E-state index in [0.29, 0.717) is 11.3 Å². The van der Waals surface area contributed by atoms with Crippen LogP contribution in [-0.4, -0.2) is 31.8 Å². The van der Waals surface area contributed by atoms with E-state index in [-0.39, 0.29) is 23.4 Å². The van der Waals surface area contributed by atoms with Crippen molar-refractivity contribution >= 4 is 15.9 Å². The van der Waals surface area contributed by atoms with Crippen molar-refractivity contribution < 1.29 is 17.6 Å². The van der Waals surface area contributed by atoms with E-state index in [2.05, 4.69) is 16.9 Å². The standard InChI is InChI=1S/C23H24N2O4S/c26-23(25-14-4-8-20(25)16-18-6-2-1-3-7-18)19-10-12-22(13-11-19)30(27,28)24-17-21-9-5-15-29-21/h1-3,5-7,9-13,15,20,24H,4,8,14,16-17H2. The van der Waals surface area contributed by atoms with Gasteiger partial charge in [-0.1, -0.05) is 30.3 Å². The minimum Gasteiger partial charge on any atom is -0.468 e. The molecule has 7 heteroatoms. The smallest absolute Gasteiger partial charge is 0.254 e. The van der Waals surface area contributed by atoms with Gasteiger partial charge in [0.15, 0.2) is 0 Å². The topological polar surface area (TPSA) is 79.6 Å². The van der Waals surface area contributed by atoms with Crippen LogP contribution >= 0.6 is 0 Å². The highest BCUT2D eigenvalue weighted by Gasteiger charge is 2.29. The third-order valence-corrected chi connectivity index (χ3v) is 6.80. The second-order valence-corrected chi connectivity index (χ2v) is 9.18. The molecule has 1 aliphatic rings. The Morgan fingerprint density at radius 1 is 1.03 bits per heavy atom. The molecule has 2 aromatic carbocycles. The van der Waals surface area contributed by atoms with Gasteiger partial charge in [-0.25, -0.2) is 13.1 Å². The molecule has 30 heavy (non-hydrogen) atoms. The van der Waals surface area contributed by atoms with Gasteiger partial charge < -0.3 is 9.32 Å². The SMILES string of the molecule is O=C(c1ccc(S(=O)(=O)NCc2ccco2)cc1)N1CCCC1Cc1ccccc1. The summed E-state index contributed by atoms with van der Waals surface area (Å²) in [6.07, 6.45) is 4.28. The van der Waals surface area contributed by atoms with Crippen LogP contribution < -0.4 is 4.72 Å². The second kappa shape index (κ2) is 8.85. The van der Waals surface area contributed by atoms with Gasteiger partial charge in [0.1, 0.15) is 5.76 Å². The molecular weight excluding hydrogens is 400 g/mol. The molecule has 2 heterocycles. The lowest BCUT2D eigenvalue weighted by molar-refractivity contribution is 0.0736. The molecule has 3 aromatic rings. The van der Waals surface area contributed by atoms with Crippen molar-refractivity contribution in [1.82, 2.24) is 9.62 Å². The van der Waals surface area contributed by atoms with Gasteiger partial charge in [-0.15, -0.1) is 0 Å². The molecule has 0 radical (unpaired) electrons. The number of nitrogens with zero attached hydrogens (tertiary/aromatic N) is 1. The highest BCUT2D eigenvalue weighted by atomic mass is 32.2. The predicted octanol–water partition coefficient (Wildman–Crippen LogP) is 3.61. The summed E-state index contributed by atoms with van der Waals surface area (Å²) in [5.74, 6) is 0.477. The van der Waals surface area contributed by atoms with Gasteiger partial charge in [0.05, 0.1) is 17.7 Å². The maximum atomic E-state index is 13.0. The van der Waals surface area contributed by atoms with Crippen molar-refractivity contribution in [3.63, 3.8) is 0 Å². The van der Waals surface area contributed by atoms with Crippen LogP contribution in [0.2, 0.25) is 0 Å². The summed E-state index contributed by atoms with van der Waals surface area (Å²) in [7, 11) is -3.68. The van der Waals surface area contributed by atoms with Gasteiger partial charge in [0.2, 0.25) is 10.0 Å². The van der Waals surface area contributed by atoms with Crippen LogP contribution in [0.4, 0.5) is 0 Å². The van der Waals surface area contributed by atoms with E-state index in [4.69, 9.17) is 4.42 Å². The molecule has 0 spiro atoms. The Kier molecular flexibility index (Phi) is 6.01. The summed E-state index contributed by atoms with van der Waals surface area (Å²) >= 11 is 0. The van der Waals surface area contributed by atoms with Crippen LogP contribution in [0.15, 0.2) is 82.3 Å². The minimum atomic E-state index is -3.68. The van der Waals surface area contributed by atoms with Crippen molar-refractivity contribution in [2.24, 2.45) is 0 Å². The Morgan fingerprint density at radius 3 is 2.50 bits per heavy atom. The number of carbonyl (C=O) groups is 1. The Labute approximate surface area is 176 Å². The normalized spacial score (nSPS) is 16.7. The largest absolute Gasteiger partial charge is 0.468 e. The molecule has 1 atom stereocenters. The number of hydrogen-bond donors (Lipinski definition) is 1. The predicted molar refractivity (Wildman–Crippen MR) is 113 cm³/mol. The first-order valence-electron chi connectivity index (χ1n) is 10.00. The highest BCUT2D eigenvalue weighted by Crippen LogP contribution is 2.24. The monoisotopic (exact) mass is 424 g/mol. The average molecular weight is 425 g/mol. The van der Waals surface area contributed by atoms with E-state index in [9.17, 15) is 13.2 Å². The van der Waals surface area contributed by atoms with Crippen molar-refractivity contribution in [2.45, 2.75) is 36.7 Å². The molecule has 156 valence electrons. The number of nitrogens with one attached hydrogen (secondary N) is 1. The molecule has 1 N–H and O–H groups in total. The van der Waals surface area contributed by atoms with Crippen LogP contribution in [0.25, 0.3) is 0 Å². The van der Waals surface area contributed by atoms with E-state index in [1.54, 1.807) is 24.3 Å². The number of hydrogen-bond acceptors (Lipinski definition) is 4. The number of carbonyl (C=O) groups excluding carboxylic acids is 1. The lowest BCUT2D eigenvalue weighted by atomic mass is 10.0. The summed E-state index contributed by atoms with van der Waals surface area (Å²) < 4.78 is 32.6. The van der Waals surface area contributed by atoms with E-state index >= 15 is 0 Å². The zero-order valence-electron chi connectivity index (χ0n) is 16.5. The quantitative estimate of drug-likeness (QED) is 0.628. The van der Waals surface area contributed by atoms with Gasteiger partial charge in [-0.3, -0.25) is 4.79 Å². The molecule has 0 bridgehead atoms. The highest BCUT2D eigenvalue weighted by molar-refractivity contribution is 7.89. The molecule has 6 nitrogen and oxygen atoms in total. The lowest BCUT2D eigenvalue weighted by Crippen LogP contribution is -2.36. The lowest BCUT2D eigenvalue weighted by Gasteiger charge is -2.25. The molecule has 1 saturated heterocycles.